The number of aromatic nitrogens is 2. The number of nitrogens with zero attached hydrogens (tertiary/aromatic N) is 1. The molecule has 0 saturated carbocycles. The van der Waals surface area contributed by atoms with Crippen molar-refractivity contribution < 1.29 is 5.11 Å². The number of hydrogen-bond donors (Lipinski definition) is 2. The van der Waals surface area contributed by atoms with Crippen molar-refractivity contribution in [2.45, 2.75) is 6.92 Å². The molecule has 0 spiro atoms. The smallest absolute Gasteiger partial charge is 0.260 e. The molecule has 0 aliphatic rings. The van der Waals surface area contributed by atoms with Gasteiger partial charge in [-0.2, -0.15) is 0 Å². The molecule has 28 heavy (non-hydrogen) atoms. The van der Waals surface area contributed by atoms with Gasteiger partial charge in [-0.15, -0.1) is 11.3 Å². The average Bonchev–Trinajstić information content (AvgIpc) is 3.02. The van der Waals surface area contributed by atoms with E-state index in [4.69, 9.17) is 11.6 Å². The van der Waals surface area contributed by atoms with Crippen LogP contribution in [-0.2, 0) is 0 Å². The molecule has 0 radical (unpaired) electrons. The number of aromatic amines is 1. The number of nitrogens with one attached hydrogen (secondary N) is 1. The van der Waals surface area contributed by atoms with Crippen LogP contribution < -0.4 is 5.56 Å². The number of phenols is 1. The molecule has 4 nitrogen and oxygen atoms in total. The van der Waals surface area contributed by atoms with Crippen LogP contribution in [0.2, 0.25) is 0 Å². The van der Waals surface area contributed by atoms with Gasteiger partial charge in [-0.25, -0.2) is 4.98 Å². The fourth-order valence-corrected chi connectivity index (χ4v) is 4.67. The van der Waals surface area contributed by atoms with Gasteiger partial charge in [-0.3, -0.25) is 4.79 Å². The first-order chi connectivity index (χ1) is 13.4. The van der Waals surface area contributed by atoms with Crippen molar-refractivity contribution in [2.75, 3.05) is 0 Å². The Morgan fingerprint density at radius 3 is 2.71 bits per heavy atom. The topological polar surface area (TPSA) is 66.0 Å². The quantitative estimate of drug-likeness (QED) is 0.374. The highest BCUT2D eigenvalue weighted by molar-refractivity contribution is 9.10. The van der Waals surface area contributed by atoms with E-state index in [-0.39, 0.29) is 11.3 Å². The van der Waals surface area contributed by atoms with Crippen LogP contribution in [-0.4, -0.2) is 15.1 Å². The molecule has 0 aliphatic carbocycles. The number of thiophene rings is 1. The molecule has 0 unspecified atom stereocenters. The van der Waals surface area contributed by atoms with E-state index in [0.717, 1.165) is 21.6 Å². The highest BCUT2D eigenvalue weighted by Crippen LogP contribution is 2.36. The summed E-state index contributed by atoms with van der Waals surface area (Å²) in [6.45, 7) is 1.99. The number of phenolic OH excluding ortho intramolecular Hbond substituents is 1. The lowest BCUT2D eigenvalue weighted by Crippen LogP contribution is -2.10. The van der Waals surface area contributed by atoms with Crippen LogP contribution in [0, 0.1) is 6.92 Å². The third kappa shape index (κ3) is 3.51. The second kappa shape index (κ2) is 7.54. The largest absolute Gasteiger partial charge is 0.507 e. The summed E-state index contributed by atoms with van der Waals surface area (Å²) in [6, 6.07) is 14.8. The Bertz CT molecular complexity index is 1280. The number of fused-ring (bicyclic) bond motifs is 1. The van der Waals surface area contributed by atoms with Crippen LogP contribution >= 0.6 is 38.9 Å². The molecule has 4 aromatic rings. The molecule has 0 bridgehead atoms. The first-order valence-electron chi connectivity index (χ1n) is 8.39. The van der Waals surface area contributed by atoms with E-state index in [0.29, 0.717) is 25.5 Å². The summed E-state index contributed by atoms with van der Waals surface area (Å²) in [5, 5.41) is 10.5. The summed E-state index contributed by atoms with van der Waals surface area (Å²) in [6.07, 6.45) is 1.69. The molecule has 0 amide bonds. The molecule has 7 heteroatoms. The number of rotatable bonds is 3. The Morgan fingerprint density at radius 2 is 2.00 bits per heavy atom. The summed E-state index contributed by atoms with van der Waals surface area (Å²) >= 11 is 11.2. The summed E-state index contributed by atoms with van der Waals surface area (Å²) in [7, 11) is 0. The summed E-state index contributed by atoms with van der Waals surface area (Å²) < 4.78 is 0.559. The maximum Gasteiger partial charge on any atom is 0.260 e. The Labute approximate surface area is 178 Å². The van der Waals surface area contributed by atoms with Crippen molar-refractivity contribution in [3.8, 4) is 16.9 Å². The molecular weight excluding hydrogens is 460 g/mol. The number of aromatic hydroxyl groups is 1. The number of benzene rings is 2. The number of H-pyrrole nitrogens is 1. The van der Waals surface area contributed by atoms with E-state index in [2.05, 4.69) is 25.9 Å². The normalized spacial score (nSPS) is 11.9. The van der Waals surface area contributed by atoms with Crippen LogP contribution in [0.1, 0.15) is 16.3 Å². The monoisotopic (exact) mass is 472 g/mol. The molecule has 0 aliphatic heterocycles. The van der Waals surface area contributed by atoms with Crippen molar-refractivity contribution in [2.24, 2.45) is 0 Å². The first-order valence-corrected chi connectivity index (χ1v) is 10.4. The predicted octanol–water partition coefficient (Wildman–Crippen LogP) is 6.17. The van der Waals surface area contributed by atoms with Gasteiger partial charge in [0.1, 0.15) is 10.6 Å². The molecule has 2 heterocycles. The van der Waals surface area contributed by atoms with Crippen molar-refractivity contribution in [1.29, 1.82) is 0 Å². The predicted molar refractivity (Wildman–Crippen MR) is 120 cm³/mol. The lowest BCUT2D eigenvalue weighted by Gasteiger charge is -2.03. The first kappa shape index (κ1) is 18.9. The fraction of sp³-hybridized carbons (Fsp3) is 0.0476. The summed E-state index contributed by atoms with van der Waals surface area (Å²) in [4.78, 5) is 21.9. The summed E-state index contributed by atoms with van der Waals surface area (Å²) in [5.74, 6) is 0.452. The van der Waals surface area contributed by atoms with Crippen molar-refractivity contribution in [1.82, 2.24) is 9.97 Å². The molecule has 140 valence electrons. The zero-order chi connectivity index (χ0) is 19.8. The number of hydrogen-bond acceptors (Lipinski definition) is 4. The van der Waals surface area contributed by atoms with Crippen molar-refractivity contribution in [3.05, 3.63) is 79.6 Å². The van der Waals surface area contributed by atoms with Crippen LogP contribution in [0.25, 0.3) is 32.5 Å². The Kier molecular flexibility index (Phi) is 5.10. The molecule has 0 fully saturated rings. The van der Waals surface area contributed by atoms with E-state index in [1.807, 2.05) is 37.3 Å². The van der Waals surface area contributed by atoms with E-state index < -0.39 is 0 Å². The van der Waals surface area contributed by atoms with E-state index in [9.17, 15) is 9.90 Å². The van der Waals surface area contributed by atoms with Gasteiger partial charge in [0.25, 0.3) is 5.56 Å². The second-order valence-corrected chi connectivity index (χ2v) is 8.66. The molecule has 2 aromatic carbocycles. The SMILES string of the molecule is Cc1sc2nc(/C(Cl)=C/c3ccc(O)c(Br)c3)[nH]c(=O)c2c1-c1ccccc1. The fourth-order valence-electron chi connectivity index (χ4n) is 3.01. The molecule has 4 rings (SSSR count). The highest BCUT2D eigenvalue weighted by atomic mass is 79.9. The van der Waals surface area contributed by atoms with Crippen molar-refractivity contribution >= 4 is 60.2 Å². The standard InChI is InChI=1S/C21H14BrClN2O2S/c1-11-17(13-5-3-2-4-6-13)18-20(27)24-19(25-21(18)28-11)15(23)10-12-7-8-16(26)14(22)9-12/h2-10,26H,1H3,(H,24,25,27)/b15-10-. The summed E-state index contributed by atoms with van der Waals surface area (Å²) in [5.41, 5.74) is 2.44. The lowest BCUT2D eigenvalue weighted by molar-refractivity contribution is 0.472. The maximum absolute atomic E-state index is 12.8. The third-order valence-electron chi connectivity index (χ3n) is 4.29. The highest BCUT2D eigenvalue weighted by Gasteiger charge is 2.17. The Morgan fingerprint density at radius 1 is 1.25 bits per heavy atom. The van der Waals surface area contributed by atoms with Crippen LogP contribution in [0.4, 0.5) is 0 Å². The van der Waals surface area contributed by atoms with Gasteiger partial charge in [0.15, 0.2) is 5.82 Å². The van der Waals surface area contributed by atoms with Gasteiger partial charge in [-0.05, 0) is 52.2 Å². The molecular formula is C21H14BrClN2O2S. The van der Waals surface area contributed by atoms with Crippen LogP contribution in [0.5, 0.6) is 5.75 Å². The third-order valence-corrected chi connectivity index (χ3v) is 6.21. The number of aryl methyl sites for hydroxylation is 1. The molecule has 2 aromatic heterocycles. The minimum atomic E-state index is -0.221. The zero-order valence-corrected chi connectivity index (χ0v) is 17.8. The minimum Gasteiger partial charge on any atom is -0.507 e. The van der Waals surface area contributed by atoms with Gasteiger partial charge in [0, 0.05) is 10.4 Å². The number of halogens is 2. The Balaban J connectivity index is 1.83. The molecule has 2 N–H and O–H groups in total. The van der Waals surface area contributed by atoms with Gasteiger partial charge < -0.3 is 10.1 Å². The van der Waals surface area contributed by atoms with Crippen LogP contribution in [0.3, 0.4) is 0 Å². The lowest BCUT2D eigenvalue weighted by atomic mass is 10.0. The Hall–Kier alpha value is -2.41. The minimum absolute atomic E-state index is 0.142. The van der Waals surface area contributed by atoms with E-state index in [1.54, 1.807) is 24.3 Å². The average molecular weight is 474 g/mol. The molecule has 0 atom stereocenters. The van der Waals surface area contributed by atoms with Crippen LogP contribution in [0.15, 0.2) is 57.8 Å². The molecule has 0 saturated heterocycles. The van der Waals surface area contributed by atoms with Gasteiger partial charge in [0.05, 0.1) is 14.9 Å². The second-order valence-electron chi connectivity index (χ2n) is 6.20. The van der Waals surface area contributed by atoms with Gasteiger partial charge >= 0.3 is 0 Å². The van der Waals surface area contributed by atoms with Gasteiger partial charge in [0.2, 0.25) is 0 Å². The van der Waals surface area contributed by atoms with Gasteiger partial charge in [-0.1, -0.05) is 48.0 Å². The maximum atomic E-state index is 12.8. The van der Waals surface area contributed by atoms with E-state index in [1.165, 1.54) is 11.3 Å². The van der Waals surface area contributed by atoms with Crippen molar-refractivity contribution in [3.63, 3.8) is 0 Å². The van der Waals surface area contributed by atoms with E-state index >= 15 is 0 Å². The zero-order valence-electron chi connectivity index (χ0n) is 14.7.